The van der Waals surface area contributed by atoms with Gasteiger partial charge in [0.05, 0.1) is 7.11 Å². The predicted molar refractivity (Wildman–Crippen MR) is 89.1 cm³/mol. The Morgan fingerprint density at radius 3 is 2.73 bits per heavy atom. The molecule has 22 heavy (non-hydrogen) atoms. The van der Waals surface area contributed by atoms with Crippen LogP contribution < -0.4 is 4.74 Å². The van der Waals surface area contributed by atoms with E-state index in [0.717, 1.165) is 24.6 Å². The van der Waals surface area contributed by atoms with E-state index in [0.29, 0.717) is 6.04 Å². The maximum atomic E-state index is 5.60. The first-order valence-electron chi connectivity index (χ1n) is 8.28. The number of nitrogens with zero attached hydrogens (tertiary/aromatic N) is 1. The highest BCUT2D eigenvalue weighted by Gasteiger charge is 2.38. The molecular formula is C20H23NO. The monoisotopic (exact) mass is 293 g/mol. The molecule has 2 aromatic rings. The van der Waals surface area contributed by atoms with Crippen LogP contribution in [0.4, 0.5) is 0 Å². The summed E-state index contributed by atoms with van der Waals surface area (Å²) in [6.45, 7) is 2.30. The highest BCUT2D eigenvalue weighted by molar-refractivity contribution is 5.43. The SMILES string of the molecule is COc1cccc2c1C[C@@H]1[C@H](CCN1Cc1ccccc1)C2. The summed E-state index contributed by atoms with van der Waals surface area (Å²) in [7, 11) is 1.79. The molecule has 114 valence electrons. The summed E-state index contributed by atoms with van der Waals surface area (Å²) in [5.41, 5.74) is 4.36. The number of fused-ring (bicyclic) bond motifs is 2. The fraction of sp³-hybridized carbons (Fsp3) is 0.400. The first kappa shape index (κ1) is 13.8. The quantitative estimate of drug-likeness (QED) is 0.856. The molecule has 1 aliphatic carbocycles. The van der Waals surface area contributed by atoms with Crippen molar-refractivity contribution in [3.63, 3.8) is 0 Å². The maximum Gasteiger partial charge on any atom is 0.122 e. The minimum atomic E-state index is 0.670. The fourth-order valence-electron chi connectivity index (χ4n) is 4.25. The maximum absolute atomic E-state index is 5.60. The van der Waals surface area contributed by atoms with E-state index in [1.54, 1.807) is 7.11 Å². The van der Waals surface area contributed by atoms with E-state index in [1.807, 2.05) is 0 Å². The van der Waals surface area contributed by atoms with Crippen LogP contribution >= 0.6 is 0 Å². The van der Waals surface area contributed by atoms with E-state index < -0.39 is 0 Å². The van der Waals surface area contributed by atoms with Crippen LogP contribution in [-0.2, 0) is 19.4 Å². The zero-order valence-corrected chi connectivity index (χ0v) is 13.2. The van der Waals surface area contributed by atoms with E-state index in [9.17, 15) is 0 Å². The summed E-state index contributed by atoms with van der Waals surface area (Å²) in [6.07, 6.45) is 3.67. The lowest BCUT2D eigenvalue weighted by molar-refractivity contribution is 0.206. The Morgan fingerprint density at radius 1 is 1.05 bits per heavy atom. The normalized spacial score (nSPS) is 23.9. The molecule has 1 heterocycles. The Bertz CT molecular complexity index is 652. The first-order valence-corrected chi connectivity index (χ1v) is 8.28. The molecule has 0 spiro atoms. The number of hydrogen-bond acceptors (Lipinski definition) is 2. The van der Waals surface area contributed by atoms with Crippen LogP contribution in [0.5, 0.6) is 5.75 Å². The summed E-state index contributed by atoms with van der Waals surface area (Å²) in [5, 5.41) is 0. The van der Waals surface area contributed by atoms with E-state index in [2.05, 4.69) is 53.4 Å². The summed E-state index contributed by atoms with van der Waals surface area (Å²) >= 11 is 0. The molecule has 2 nitrogen and oxygen atoms in total. The Morgan fingerprint density at radius 2 is 1.91 bits per heavy atom. The number of methoxy groups -OCH3 is 1. The molecule has 2 aromatic carbocycles. The smallest absolute Gasteiger partial charge is 0.122 e. The van der Waals surface area contributed by atoms with Gasteiger partial charge in [-0.05, 0) is 54.5 Å². The lowest BCUT2D eigenvalue weighted by Gasteiger charge is -2.34. The van der Waals surface area contributed by atoms with Crippen molar-refractivity contribution in [3.05, 3.63) is 65.2 Å². The lowest BCUT2D eigenvalue weighted by atomic mass is 9.80. The van der Waals surface area contributed by atoms with Crippen molar-refractivity contribution >= 4 is 0 Å². The Labute approximate surface area is 132 Å². The van der Waals surface area contributed by atoms with Gasteiger partial charge in [0.25, 0.3) is 0 Å². The summed E-state index contributed by atoms with van der Waals surface area (Å²) in [5.74, 6) is 1.88. The van der Waals surface area contributed by atoms with Gasteiger partial charge in [0.1, 0.15) is 5.75 Å². The third kappa shape index (κ3) is 2.42. The lowest BCUT2D eigenvalue weighted by Crippen LogP contribution is -2.37. The van der Waals surface area contributed by atoms with Crippen LogP contribution in [0.15, 0.2) is 48.5 Å². The molecule has 0 saturated carbocycles. The van der Waals surface area contributed by atoms with Crippen molar-refractivity contribution < 1.29 is 4.74 Å². The average Bonchev–Trinajstić information content (AvgIpc) is 2.95. The zero-order valence-electron chi connectivity index (χ0n) is 13.2. The number of hydrogen-bond donors (Lipinski definition) is 0. The van der Waals surface area contributed by atoms with E-state index in [4.69, 9.17) is 4.74 Å². The van der Waals surface area contributed by atoms with Crippen molar-refractivity contribution in [2.45, 2.75) is 31.8 Å². The summed E-state index contributed by atoms with van der Waals surface area (Å²) in [6, 6.07) is 18.1. The largest absolute Gasteiger partial charge is 0.496 e. The van der Waals surface area contributed by atoms with E-state index in [1.165, 1.54) is 36.1 Å². The van der Waals surface area contributed by atoms with Gasteiger partial charge in [0.15, 0.2) is 0 Å². The molecule has 0 radical (unpaired) electrons. The molecule has 2 aliphatic rings. The minimum Gasteiger partial charge on any atom is -0.496 e. The molecular weight excluding hydrogens is 270 g/mol. The second-order valence-corrected chi connectivity index (χ2v) is 6.58. The number of rotatable bonds is 3. The summed E-state index contributed by atoms with van der Waals surface area (Å²) < 4.78 is 5.60. The summed E-state index contributed by atoms with van der Waals surface area (Å²) in [4.78, 5) is 2.68. The van der Waals surface area contributed by atoms with Gasteiger partial charge in [-0.2, -0.15) is 0 Å². The van der Waals surface area contributed by atoms with Gasteiger partial charge in [0, 0.05) is 12.6 Å². The van der Waals surface area contributed by atoms with Crippen LogP contribution in [-0.4, -0.2) is 24.6 Å². The van der Waals surface area contributed by atoms with Crippen LogP contribution in [0.25, 0.3) is 0 Å². The molecule has 0 N–H and O–H groups in total. The molecule has 0 bridgehead atoms. The minimum absolute atomic E-state index is 0.670. The fourth-order valence-corrected chi connectivity index (χ4v) is 4.25. The highest BCUT2D eigenvalue weighted by Crippen LogP contribution is 2.39. The van der Waals surface area contributed by atoms with Gasteiger partial charge >= 0.3 is 0 Å². The van der Waals surface area contributed by atoms with Crippen LogP contribution in [0.2, 0.25) is 0 Å². The van der Waals surface area contributed by atoms with Gasteiger partial charge in [-0.3, -0.25) is 4.90 Å². The molecule has 2 atom stereocenters. The molecule has 1 fully saturated rings. The number of benzene rings is 2. The van der Waals surface area contributed by atoms with Gasteiger partial charge in [-0.15, -0.1) is 0 Å². The molecule has 0 aromatic heterocycles. The molecule has 0 amide bonds. The van der Waals surface area contributed by atoms with Crippen molar-refractivity contribution in [1.29, 1.82) is 0 Å². The third-order valence-corrected chi connectivity index (χ3v) is 5.37. The third-order valence-electron chi connectivity index (χ3n) is 5.37. The van der Waals surface area contributed by atoms with Gasteiger partial charge < -0.3 is 4.74 Å². The van der Waals surface area contributed by atoms with Crippen molar-refractivity contribution in [3.8, 4) is 5.75 Å². The van der Waals surface area contributed by atoms with Crippen LogP contribution in [0.1, 0.15) is 23.1 Å². The molecule has 4 rings (SSSR count). The highest BCUT2D eigenvalue weighted by atomic mass is 16.5. The topological polar surface area (TPSA) is 12.5 Å². The Kier molecular flexibility index (Phi) is 3.63. The first-order chi connectivity index (χ1) is 10.8. The van der Waals surface area contributed by atoms with Gasteiger partial charge in [-0.25, -0.2) is 0 Å². The van der Waals surface area contributed by atoms with E-state index in [-0.39, 0.29) is 0 Å². The standard InChI is InChI=1S/C20H23NO/c1-22-20-9-5-8-16-12-17-10-11-21(19(17)13-18(16)20)14-15-6-3-2-4-7-15/h2-9,17,19H,10-14H2,1H3/t17-,19-/m1/s1. The second-order valence-electron chi connectivity index (χ2n) is 6.58. The molecule has 2 heteroatoms. The van der Waals surface area contributed by atoms with Crippen LogP contribution in [0, 0.1) is 5.92 Å². The Balaban J connectivity index is 1.58. The van der Waals surface area contributed by atoms with Crippen LogP contribution in [0.3, 0.4) is 0 Å². The average molecular weight is 293 g/mol. The van der Waals surface area contributed by atoms with Crippen molar-refractivity contribution in [2.75, 3.05) is 13.7 Å². The van der Waals surface area contributed by atoms with Crippen molar-refractivity contribution in [1.82, 2.24) is 4.90 Å². The van der Waals surface area contributed by atoms with Crippen molar-refractivity contribution in [2.24, 2.45) is 5.92 Å². The number of likely N-dealkylation sites (tertiary alicyclic amines) is 1. The number of ether oxygens (including phenoxy) is 1. The van der Waals surface area contributed by atoms with E-state index >= 15 is 0 Å². The van der Waals surface area contributed by atoms with Gasteiger partial charge in [0.2, 0.25) is 0 Å². The second kappa shape index (κ2) is 5.77. The zero-order chi connectivity index (χ0) is 14.9. The molecule has 1 aliphatic heterocycles. The molecule has 1 saturated heterocycles. The molecule has 0 unspecified atom stereocenters. The van der Waals surface area contributed by atoms with Gasteiger partial charge in [-0.1, -0.05) is 42.5 Å². The predicted octanol–water partition coefficient (Wildman–Crippen LogP) is 3.68. The Hall–Kier alpha value is -1.80.